The van der Waals surface area contributed by atoms with Crippen LogP contribution < -0.4 is 5.32 Å². The number of aromatic nitrogens is 2. The molecule has 2 rings (SSSR count). The summed E-state index contributed by atoms with van der Waals surface area (Å²) >= 11 is 0. The second-order valence-electron chi connectivity index (χ2n) is 5.03. The van der Waals surface area contributed by atoms with E-state index in [0.29, 0.717) is 6.04 Å². The third-order valence-electron chi connectivity index (χ3n) is 3.03. The molecule has 1 aromatic rings. The minimum Gasteiger partial charge on any atom is -0.333 e. The Kier molecular flexibility index (Phi) is 3.97. The molecule has 0 saturated carbocycles. The maximum absolute atomic E-state index is 4.36. The van der Waals surface area contributed by atoms with Gasteiger partial charge in [0.2, 0.25) is 0 Å². The number of nitrogens with zero attached hydrogens (tertiary/aromatic N) is 3. The Morgan fingerprint density at radius 2 is 2.35 bits per heavy atom. The molecule has 0 spiro atoms. The van der Waals surface area contributed by atoms with Crippen molar-refractivity contribution in [2.24, 2.45) is 0 Å². The van der Waals surface area contributed by atoms with Crippen LogP contribution in [0.25, 0.3) is 0 Å². The Bertz CT molecular complexity index is 381. The van der Waals surface area contributed by atoms with Crippen LogP contribution in [0.15, 0.2) is 24.5 Å². The van der Waals surface area contributed by atoms with Crippen molar-refractivity contribution < 1.29 is 0 Å². The average molecular weight is 234 g/mol. The zero-order chi connectivity index (χ0) is 12.3. The summed E-state index contributed by atoms with van der Waals surface area (Å²) in [6, 6.07) is 0.520. The van der Waals surface area contributed by atoms with Gasteiger partial charge in [0.05, 0.1) is 6.54 Å². The summed E-state index contributed by atoms with van der Waals surface area (Å²) in [4.78, 5) is 6.77. The van der Waals surface area contributed by atoms with E-state index in [2.05, 4.69) is 46.4 Å². The average Bonchev–Trinajstić information content (AvgIpc) is 2.73. The third-order valence-corrected chi connectivity index (χ3v) is 3.03. The standard InChI is InChI=1S/C13H22N4/c1-11(2)15-8-12(3)9-16-6-7-17-5-4-14-13(17)10-16/h4-5,11,15H,3,6-10H2,1-2H3. The maximum Gasteiger partial charge on any atom is 0.122 e. The Hall–Kier alpha value is -1.13. The summed E-state index contributed by atoms with van der Waals surface area (Å²) in [5.41, 5.74) is 1.25. The molecule has 0 bridgehead atoms. The van der Waals surface area contributed by atoms with Gasteiger partial charge in [-0.25, -0.2) is 4.98 Å². The van der Waals surface area contributed by atoms with Gasteiger partial charge in [-0.15, -0.1) is 0 Å². The molecule has 1 N–H and O–H groups in total. The highest BCUT2D eigenvalue weighted by Gasteiger charge is 2.16. The predicted molar refractivity (Wildman–Crippen MR) is 69.8 cm³/mol. The summed E-state index contributed by atoms with van der Waals surface area (Å²) in [6.45, 7) is 13.4. The summed E-state index contributed by atoms with van der Waals surface area (Å²) in [6.07, 6.45) is 3.94. The molecule has 2 heterocycles. The Labute approximate surface area is 103 Å². The van der Waals surface area contributed by atoms with Gasteiger partial charge in [0.1, 0.15) is 5.82 Å². The molecule has 0 radical (unpaired) electrons. The molecule has 0 aromatic carbocycles. The van der Waals surface area contributed by atoms with E-state index in [1.807, 2.05) is 6.20 Å². The summed E-state index contributed by atoms with van der Waals surface area (Å²) in [7, 11) is 0. The highest BCUT2D eigenvalue weighted by Crippen LogP contribution is 2.11. The number of nitrogens with one attached hydrogen (secondary N) is 1. The number of fused-ring (bicyclic) bond motifs is 1. The van der Waals surface area contributed by atoms with E-state index in [4.69, 9.17) is 0 Å². The second kappa shape index (κ2) is 5.47. The maximum atomic E-state index is 4.36. The van der Waals surface area contributed by atoms with Gasteiger partial charge in [0.15, 0.2) is 0 Å². The molecule has 0 unspecified atom stereocenters. The molecule has 0 fully saturated rings. The lowest BCUT2D eigenvalue weighted by molar-refractivity contribution is 0.233. The first-order valence-electron chi connectivity index (χ1n) is 6.27. The largest absolute Gasteiger partial charge is 0.333 e. The normalized spacial score (nSPS) is 16.2. The first-order chi connectivity index (χ1) is 8.15. The summed E-state index contributed by atoms with van der Waals surface area (Å²) in [5, 5.41) is 3.40. The van der Waals surface area contributed by atoms with Gasteiger partial charge in [-0.1, -0.05) is 20.4 Å². The van der Waals surface area contributed by atoms with Crippen molar-refractivity contribution >= 4 is 0 Å². The molecular weight excluding hydrogens is 212 g/mol. The SMILES string of the molecule is C=C(CNC(C)C)CN1CCn2ccnc2C1. The van der Waals surface area contributed by atoms with E-state index in [1.165, 1.54) is 11.4 Å². The van der Waals surface area contributed by atoms with Crippen LogP contribution in [0.2, 0.25) is 0 Å². The van der Waals surface area contributed by atoms with Crippen LogP contribution in [0.4, 0.5) is 0 Å². The number of rotatable bonds is 5. The molecule has 4 nitrogen and oxygen atoms in total. The van der Waals surface area contributed by atoms with Crippen LogP contribution in [0.3, 0.4) is 0 Å². The highest BCUT2D eigenvalue weighted by molar-refractivity contribution is 5.03. The van der Waals surface area contributed by atoms with Crippen molar-refractivity contribution in [2.45, 2.75) is 33.0 Å². The van der Waals surface area contributed by atoms with Crippen molar-refractivity contribution in [1.82, 2.24) is 19.8 Å². The number of hydrogen-bond acceptors (Lipinski definition) is 3. The van der Waals surface area contributed by atoms with E-state index < -0.39 is 0 Å². The van der Waals surface area contributed by atoms with E-state index >= 15 is 0 Å². The van der Waals surface area contributed by atoms with E-state index in [-0.39, 0.29) is 0 Å². The zero-order valence-electron chi connectivity index (χ0n) is 10.8. The van der Waals surface area contributed by atoms with E-state index in [0.717, 1.165) is 32.7 Å². The predicted octanol–water partition coefficient (Wildman–Crippen LogP) is 1.25. The second-order valence-corrected chi connectivity index (χ2v) is 5.03. The van der Waals surface area contributed by atoms with Gasteiger partial charge in [-0.3, -0.25) is 4.90 Å². The van der Waals surface area contributed by atoms with Crippen LogP contribution in [-0.4, -0.2) is 40.1 Å². The first kappa shape index (κ1) is 12.3. The molecule has 0 saturated heterocycles. The fourth-order valence-corrected chi connectivity index (χ4v) is 2.08. The van der Waals surface area contributed by atoms with E-state index in [1.54, 1.807) is 0 Å². The van der Waals surface area contributed by atoms with Gasteiger partial charge >= 0.3 is 0 Å². The molecular formula is C13H22N4. The van der Waals surface area contributed by atoms with Crippen LogP contribution in [0.5, 0.6) is 0 Å². The molecule has 94 valence electrons. The molecule has 0 amide bonds. The molecule has 17 heavy (non-hydrogen) atoms. The quantitative estimate of drug-likeness (QED) is 0.779. The van der Waals surface area contributed by atoms with Crippen LogP contribution in [0.1, 0.15) is 19.7 Å². The van der Waals surface area contributed by atoms with Gasteiger partial charge in [0, 0.05) is 44.6 Å². The smallest absolute Gasteiger partial charge is 0.122 e. The number of imidazole rings is 1. The van der Waals surface area contributed by atoms with Crippen LogP contribution in [-0.2, 0) is 13.1 Å². The van der Waals surface area contributed by atoms with Gasteiger partial charge < -0.3 is 9.88 Å². The summed E-state index contributed by atoms with van der Waals surface area (Å²) < 4.78 is 2.23. The van der Waals surface area contributed by atoms with Gasteiger partial charge in [-0.2, -0.15) is 0 Å². The molecule has 1 aliphatic heterocycles. The fraction of sp³-hybridized carbons (Fsp3) is 0.615. The lowest BCUT2D eigenvalue weighted by atomic mass is 10.2. The minimum atomic E-state index is 0.520. The fourth-order valence-electron chi connectivity index (χ4n) is 2.08. The van der Waals surface area contributed by atoms with Gasteiger partial charge in [0.25, 0.3) is 0 Å². The topological polar surface area (TPSA) is 33.1 Å². The molecule has 0 atom stereocenters. The van der Waals surface area contributed by atoms with Crippen molar-refractivity contribution in [3.8, 4) is 0 Å². The van der Waals surface area contributed by atoms with E-state index in [9.17, 15) is 0 Å². The Balaban J connectivity index is 1.79. The van der Waals surface area contributed by atoms with Gasteiger partial charge in [-0.05, 0) is 5.57 Å². The van der Waals surface area contributed by atoms with Crippen molar-refractivity contribution in [3.05, 3.63) is 30.4 Å². The zero-order valence-corrected chi connectivity index (χ0v) is 10.8. The molecule has 1 aromatic heterocycles. The van der Waals surface area contributed by atoms with Crippen molar-refractivity contribution in [2.75, 3.05) is 19.6 Å². The Morgan fingerprint density at radius 1 is 1.53 bits per heavy atom. The number of hydrogen-bond donors (Lipinski definition) is 1. The highest BCUT2D eigenvalue weighted by atomic mass is 15.2. The minimum absolute atomic E-state index is 0.520. The van der Waals surface area contributed by atoms with Crippen LogP contribution in [0, 0.1) is 0 Å². The van der Waals surface area contributed by atoms with Crippen molar-refractivity contribution in [3.63, 3.8) is 0 Å². The molecule has 0 aliphatic carbocycles. The molecule has 4 heteroatoms. The monoisotopic (exact) mass is 234 g/mol. The Morgan fingerprint density at radius 3 is 3.12 bits per heavy atom. The third kappa shape index (κ3) is 3.41. The lowest BCUT2D eigenvalue weighted by Crippen LogP contribution is -2.36. The lowest BCUT2D eigenvalue weighted by Gasteiger charge is -2.28. The molecule has 1 aliphatic rings. The first-order valence-corrected chi connectivity index (χ1v) is 6.27. The summed E-state index contributed by atoms with van der Waals surface area (Å²) in [5.74, 6) is 1.17. The van der Waals surface area contributed by atoms with Crippen LogP contribution >= 0.6 is 0 Å². The van der Waals surface area contributed by atoms with Crippen molar-refractivity contribution in [1.29, 1.82) is 0 Å².